The molecule has 2 aromatic heterocycles. The molecular weight excluding hydrogens is 250 g/mol. The average Bonchev–Trinajstić information content (AvgIpc) is 2.65. The van der Waals surface area contributed by atoms with E-state index in [2.05, 4.69) is 35.7 Å². The minimum atomic E-state index is 0.165. The summed E-state index contributed by atoms with van der Waals surface area (Å²) in [5.74, 6) is 0. The topological polar surface area (TPSA) is 38.7 Å². The molecule has 0 saturated heterocycles. The number of thiazole rings is 1. The summed E-state index contributed by atoms with van der Waals surface area (Å²) < 4.78 is 1.04. The molecule has 2 heterocycles. The van der Waals surface area contributed by atoms with Gasteiger partial charge in [-0.3, -0.25) is 0 Å². The van der Waals surface area contributed by atoms with Crippen molar-refractivity contribution in [3.8, 4) is 0 Å². The first-order valence-corrected chi connectivity index (χ1v) is 7.01. The van der Waals surface area contributed by atoms with Crippen molar-refractivity contribution in [2.24, 2.45) is 0 Å². The zero-order chi connectivity index (χ0) is 12.5. The van der Waals surface area contributed by atoms with Gasteiger partial charge in [-0.2, -0.15) is 0 Å². The Kier molecular flexibility index (Phi) is 3.49. The molecule has 0 aliphatic rings. The molecule has 0 unspecified atom stereocenters. The number of aromatic nitrogens is 3. The van der Waals surface area contributed by atoms with Gasteiger partial charge in [0, 0.05) is 16.8 Å². The van der Waals surface area contributed by atoms with Crippen molar-refractivity contribution in [3.63, 3.8) is 0 Å². The molecule has 17 heavy (non-hydrogen) atoms. The van der Waals surface area contributed by atoms with Crippen molar-refractivity contribution in [2.75, 3.05) is 0 Å². The Balaban J connectivity index is 2.17. The van der Waals surface area contributed by atoms with Crippen LogP contribution >= 0.6 is 23.1 Å². The second kappa shape index (κ2) is 4.74. The van der Waals surface area contributed by atoms with E-state index in [1.807, 2.05) is 19.2 Å². The van der Waals surface area contributed by atoms with Crippen LogP contribution in [0.2, 0.25) is 0 Å². The van der Waals surface area contributed by atoms with Crippen molar-refractivity contribution in [3.05, 3.63) is 29.2 Å². The molecule has 3 nitrogen and oxygen atoms in total. The van der Waals surface area contributed by atoms with E-state index in [4.69, 9.17) is 0 Å². The van der Waals surface area contributed by atoms with E-state index in [1.165, 1.54) is 4.88 Å². The first-order valence-electron chi connectivity index (χ1n) is 5.38. The Hall–Kier alpha value is -0.940. The van der Waals surface area contributed by atoms with Crippen LogP contribution in [0.15, 0.2) is 28.0 Å². The normalized spacial score (nSPS) is 11.8. The van der Waals surface area contributed by atoms with Crippen LogP contribution in [0, 0.1) is 6.92 Å². The van der Waals surface area contributed by atoms with Crippen molar-refractivity contribution >= 4 is 23.1 Å². The molecule has 0 radical (unpaired) electrons. The van der Waals surface area contributed by atoms with Gasteiger partial charge in [-0.25, -0.2) is 15.0 Å². The number of hydrogen-bond donors (Lipinski definition) is 0. The monoisotopic (exact) mass is 265 g/mol. The van der Waals surface area contributed by atoms with E-state index in [0.29, 0.717) is 0 Å². The lowest BCUT2D eigenvalue weighted by molar-refractivity contribution is 0.602. The molecule has 0 fully saturated rings. The number of aryl methyl sites for hydroxylation is 1. The third-order valence-electron chi connectivity index (χ3n) is 2.19. The molecule has 0 N–H and O–H groups in total. The van der Waals surface area contributed by atoms with Crippen LogP contribution in [-0.2, 0) is 5.41 Å². The Bertz CT molecular complexity index is 514. The van der Waals surface area contributed by atoms with E-state index in [0.717, 1.165) is 15.1 Å². The molecule has 0 saturated carbocycles. The third-order valence-corrected chi connectivity index (χ3v) is 4.62. The zero-order valence-corrected chi connectivity index (χ0v) is 12.0. The molecule has 0 atom stereocenters. The van der Waals surface area contributed by atoms with Gasteiger partial charge in [0.05, 0.1) is 0 Å². The molecule has 0 amide bonds. The van der Waals surface area contributed by atoms with E-state index in [1.54, 1.807) is 29.4 Å². The van der Waals surface area contributed by atoms with Crippen LogP contribution in [0.4, 0.5) is 0 Å². The zero-order valence-electron chi connectivity index (χ0n) is 10.4. The van der Waals surface area contributed by atoms with Gasteiger partial charge in [0.1, 0.15) is 11.4 Å². The first-order chi connectivity index (χ1) is 7.95. The molecule has 5 heteroatoms. The highest BCUT2D eigenvalue weighted by molar-refractivity contribution is 8.01. The van der Waals surface area contributed by atoms with Crippen LogP contribution < -0.4 is 0 Å². The van der Waals surface area contributed by atoms with Gasteiger partial charge >= 0.3 is 0 Å². The Labute approximate surface area is 110 Å². The quantitative estimate of drug-likeness (QED) is 0.776. The number of rotatable bonds is 2. The summed E-state index contributed by atoms with van der Waals surface area (Å²) in [7, 11) is 0. The fourth-order valence-electron chi connectivity index (χ4n) is 1.23. The molecule has 0 aromatic carbocycles. The highest BCUT2D eigenvalue weighted by Crippen LogP contribution is 2.34. The summed E-state index contributed by atoms with van der Waals surface area (Å²) in [6, 6.07) is 1.98. The first kappa shape index (κ1) is 12.5. The predicted octanol–water partition coefficient (Wildman–Crippen LogP) is 3.69. The number of hydrogen-bond acceptors (Lipinski definition) is 5. The maximum absolute atomic E-state index is 4.43. The van der Waals surface area contributed by atoms with E-state index >= 15 is 0 Å². The second-order valence-electron chi connectivity index (χ2n) is 4.84. The van der Waals surface area contributed by atoms with Crippen molar-refractivity contribution in [1.82, 2.24) is 15.0 Å². The highest BCUT2D eigenvalue weighted by atomic mass is 32.2. The van der Waals surface area contributed by atoms with Crippen LogP contribution in [-0.4, -0.2) is 15.0 Å². The van der Waals surface area contributed by atoms with E-state index in [-0.39, 0.29) is 5.41 Å². The Morgan fingerprint density at radius 2 is 1.94 bits per heavy atom. The minimum absolute atomic E-state index is 0.165. The number of nitrogens with zero attached hydrogens (tertiary/aromatic N) is 3. The van der Waals surface area contributed by atoms with Gasteiger partial charge in [0.2, 0.25) is 0 Å². The third kappa shape index (κ3) is 3.26. The van der Waals surface area contributed by atoms with Gasteiger partial charge in [-0.15, -0.1) is 11.3 Å². The fourth-order valence-corrected chi connectivity index (χ4v) is 3.24. The molecular formula is C12H15N3S2. The summed E-state index contributed by atoms with van der Waals surface area (Å²) in [5, 5.41) is 0.951. The maximum atomic E-state index is 4.43. The van der Waals surface area contributed by atoms with Crippen LogP contribution in [0.3, 0.4) is 0 Å². The van der Waals surface area contributed by atoms with Crippen LogP contribution in [0.25, 0.3) is 0 Å². The van der Waals surface area contributed by atoms with Gasteiger partial charge in [-0.05, 0) is 30.2 Å². The van der Waals surface area contributed by atoms with Gasteiger partial charge in [-0.1, -0.05) is 20.8 Å². The van der Waals surface area contributed by atoms with E-state index < -0.39 is 0 Å². The molecule has 0 aliphatic heterocycles. The predicted molar refractivity (Wildman–Crippen MR) is 71.7 cm³/mol. The van der Waals surface area contributed by atoms with Crippen molar-refractivity contribution < 1.29 is 0 Å². The SMILES string of the molecule is Cc1cc(Sc2ncc(C(C)(C)C)s2)ncn1. The lowest BCUT2D eigenvalue weighted by Crippen LogP contribution is -2.07. The van der Waals surface area contributed by atoms with Crippen molar-refractivity contribution in [2.45, 2.75) is 42.5 Å². The summed E-state index contributed by atoms with van der Waals surface area (Å²) in [5.41, 5.74) is 1.15. The molecule has 0 spiro atoms. The molecule has 90 valence electrons. The largest absolute Gasteiger partial charge is 0.242 e. The van der Waals surface area contributed by atoms with Gasteiger partial charge in [0.25, 0.3) is 0 Å². The van der Waals surface area contributed by atoms with Gasteiger partial charge in [0.15, 0.2) is 4.34 Å². The summed E-state index contributed by atoms with van der Waals surface area (Å²) >= 11 is 3.33. The fraction of sp³-hybridized carbons (Fsp3) is 0.417. The smallest absolute Gasteiger partial charge is 0.156 e. The maximum Gasteiger partial charge on any atom is 0.156 e. The van der Waals surface area contributed by atoms with Gasteiger partial charge < -0.3 is 0 Å². The molecule has 2 rings (SSSR count). The summed E-state index contributed by atoms with van der Waals surface area (Å²) in [4.78, 5) is 14.0. The molecule has 0 aliphatic carbocycles. The molecule has 2 aromatic rings. The Morgan fingerprint density at radius 1 is 1.18 bits per heavy atom. The highest BCUT2D eigenvalue weighted by Gasteiger charge is 2.17. The lowest BCUT2D eigenvalue weighted by Gasteiger charge is -2.14. The summed E-state index contributed by atoms with van der Waals surface area (Å²) in [6.45, 7) is 8.56. The van der Waals surface area contributed by atoms with Crippen LogP contribution in [0.1, 0.15) is 31.3 Å². The summed E-state index contributed by atoms with van der Waals surface area (Å²) in [6.07, 6.45) is 3.55. The average molecular weight is 265 g/mol. The second-order valence-corrected chi connectivity index (χ2v) is 7.14. The van der Waals surface area contributed by atoms with Crippen LogP contribution in [0.5, 0.6) is 0 Å². The Morgan fingerprint density at radius 3 is 2.53 bits per heavy atom. The standard InChI is InChI=1S/C12H15N3S2/c1-8-5-10(15-7-14-8)17-11-13-6-9(16-11)12(2,3)4/h5-7H,1-4H3. The lowest BCUT2D eigenvalue weighted by atomic mass is 9.96. The molecule has 0 bridgehead atoms. The van der Waals surface area contributed by atoms with Crippen molar-refractivity contribution in [1.29, 1.82) is 0 Å². The van der Waals surface area contributed by atoms with E-state index in [9.17, 15) is 0 Å². The minimum Gasteiger partial charge on any atom is -0.242 e.